The maximum atomic E-state index is 5.57. The van der Waals surface area contributed by atoms with E-state index in [1.807, 2.05) is 0 Å². The number of rotatable bonds is 5. The zero-order chi connectivity index (χ0) is 9.40. The van der Waals surface area contributed by atoms with Crippen molar-refractivity contribution in [2.45, 2.75) is 40.0 Å². The van der Waals surface area contributed by atoms with Crippen molar-refractivity contribution in [2.75, 3.05) is 5.88 Å². The van der Waals surface area contributed by atoms with Crippen LogP contribution in [0.3, 0.4) is 0 Å². The molecule has 0 aromatic heterocycles. The molecule has 1 heteroatoms. The summed E-state index contributed by atoms with van der Waals surface area (Å²) in [7, 11) is 0. The Bertz CT molecular complexity index is 162. The number of hydrogen-bond acceptors (Lipinski definition) is 0. The Morgan fingerprint density at radius 3 is 2.33 bits per heavy atom. The fourth-order valence-corrected chi connectivity index (χ4v) is 1.27. The van der Waals surface area contributed by atoms with Gasteiger partial charge in [0.15, 0.2) is 0 Å². The third-order valence-corrected chi connectivity index (χ3v) is 1.91. The average molecular weight is 187 g/mol. The Kier molecular flexibility index (Phi) is 7.28. The van der Waals surface area contributed by atoms with E-state index in [-0.39, 0.29) is 0 Å². The lowest BCUT2D eigenvalue weighted by Gasteiger charge is -1.98. The Morgan fingerprint density at radius 1 is 1.17 bits per heavy atom. The van der Waals surface area contributed by atoms with E-state index in [0.717, 1.165) is 0 Å². The smallest absolute Gasteiger partial charge is 0.0406 e. The van der Waals surface area contributed by atoms with Crippen LogP contribution in [0.2, 0.25) is 0 Å². The predicted octanol–water partition coefficient (Wildman–Crippen LogP) is 4.31. The summed E-state index contributed by atoms with van der Waals surface area (Å²) < 4.78 is 0. The van der Waals surface area contributed by atoms with Crippen LogP contribution in [0.25, 0.3) is 0 Å². The molecule has 0 nitrogen and oxygen atoms in total. The standard InChI is InChI=1S/C11H19Cl/c1-10(2)6-4-5-7-11(3)8-9-12/h6,8H,4-5,7,9H2,1-3H3/b11-8-. The fraction of sp³-hybridized carbons (Fsp3) is 0.636. The van der Waals surface area contributed by atoms with Crippen molar-refractivity contribution < 1.29 is 0 Å². The van der Waals surface area contributed by atoms with E-state index in [0.29, 0.717) is 5.88 Å². The molecule has 0 aromatic carbocycles. The SMILES string of the molecule is CC(C)=CCCC/C(C)=C\CCl. The summed E-state index contributed by atoms with van der Waals surface area (Å²) in [5.41, 5.74) is 2.82. The van der Waals surface area contributed by atoms with Gasteiger partial charge >= 0.3 is 0 Å². The van der Waals surface area contributed by atoms with Crippen molar-refractivity contribution in [3.05, 3.63) is 23.3 Å². The van der Waals surface area contributed by atoms with Crippen molar-refractivity contribution in [2.24, 2.45) is 0 Å². The van der Waals surface area contributed by atoms with E-state index in [2.05, 4.69) is 32.9 Å². The van der Waals surface area contributed by atoms with Gasteiger partial charge in [0.2, 0.25) is 0 Å². The van der Waals surface area contributed by atoms with Gasteiger partial charge in [-0.25, -0.2) is 0 Å². The van der Waals surface area contributed by atoms with Gasteiger partial charge < -0.3 is 0 Å². The molecule has 0 aliphatic carbocycles. The summed E-state index contributed by atoms with van der Waals surface area (Å²) in [4.78, 5) is 0. The molecule has 0 radical (unpaired) electrons. The third-order valence-electron chi connectivity index (χ3n) is 1.75. The largest absolute Gasteiger partial charge is 0.122 e. The topological polar surface area (TPSA) is 0 Å². The lowest BCUT2D eigenvalue weighted by molar-refractivity contribution is 0.827. The lowest BCUT2D eigenvalue weighted by atomic mass is 10.1. The van der Waals surface area contributed by atoms with Crippen LogP contribution in [0.1, 0.15) is 40.0 Å². The summed E-state index contributed by atoms with van der Waals surface area (Å²) in [5, 5.41) is 0. The first kappa shape index (κ1) is 11.8. The molecular weight excluding hydrogens is 168 g/mol. The van der Waals surface area contributed by atoms with Gasteiger partial charge in [0.25, 0.3) is 0 Å². The number of unbranched alkanes of at least 4 members (excludes halogenated alkanes) is 1. The second kappa shape index (κ2) is 7.42. The van der Waals surface area contributed by atoms with E-state index >= 15 is 0 Å². The van der Waals surface area contributed by atoms with Gasteiger partial charge in [0.1, 0.15) is 0 Å². The van der Waals surface area contributed by atoms with Crippen molar-refractivity contribution in [1.29, 1.82) is 0 Å². The number of halogens is 1. The molecule has 0 saturated carbocycles. The molecule has 70 valence electrons. The Balaban J connectivity index is 3.44. The Labute approximate surface area is 81.3 Å². The molecule has 0 atom stereocenters. The van der Waals surface area contributed by atoms with Crippen molar-refractivity contribution >= 4 is 11.6 Å². The molecule has 0 bridgehead atoms. The van der Waals surface area contributed by atoms with E-state index in [4.69, 9.17) is 11.6 Å². The molecule has 0 aliphatic heterocycles. The molecule has 0 heterocycles. The molecule has 0 fully saturated rings. The maximum Gasteiger partial charge on any atom is 0.0406 e. The van der Waals surface area contributed by atoms with Crippen molar-refractivity contribution in [3.63, 3.8) is 0 Å². The molecule has 0 saturated heterocycles. The number of alkyl halides is 1. The van der Waals surface area contributed by atoms with E-state index in [1.165, 1.54) is 30.4 Å². The highest BCUT2D eigenvalue weighted by molar-refractivity contribution is 6.18. The van der Waals surface area contributed by atoms with Gasteiger partial charge in [-0.1, -0.05) is 23.3 Å². The molecular formula is C11H19Cl. The summed E-state index contributed by atoms with van der Waals surface area (Å²) in [5.74, 6) is 0.647. The van der Waals surface area contributed by atoms with Crippen LogP contribution < -0.4 is 0 Å². The second-order valence-corrected chi connectivity index (χ2v) is 3.69. The number of allylic oxidation sites excluding steroid dienone is 4. The van der Waals surface area contributed by atoms with E-state index in [9.17, 15) is 0 Å². The van der Waals surface area contributed by atoms with Gasteiger partial charge in [-0.3, -0.25) is 0 Å². The minimum atomic E-state index is 0.647. The number of hydrogen-bond donors (Lipinski definition) is 0. The van der Waals surface area contributed by atoms with Crippen LogP contribution in [-0.2, 0) is 0 Å². The molecule has 0 rings (SSSR count). The van der Waals surface area contributed by atoms with Gasteiger partial charge in [0, 0.05) is 5.88 Å². The third kappa shape index (κ3) is 7.87. The molecule has 0 amide bonds. The van der Waals surface area contributed by atoms with E-state index in [1.54, 1.807) is 0 Å². The minimum absolute atomic E-state index is 0.647. The summed E-state index contributed by atoms with van der Waals surface area (Å²) in [6.45, 7) is 6.42. The lowest BCUT2D eigenvalue weighted by Crippen LogP contribution is -1.79. The molecule has 0 spiro atoms. The first-order chi connectivity index (χ1) is 5.66. The van der Waals surface area contributed by atoms with Gasteiger partial charge in [-0.2, -0.15) is 0 Å². The highest BCUT2D eigenvalue weighted by Crippen LogP contribution is 2.08. The Hall–Kier alpha value is -0.230. The minimum Gasteiger partial charge on any atom is -0.122 e. The normalized spacial score (nSPS) is 11.5. The predicted molar refractivity (Wildman–Crippen MR) is 57.8 cm³/mol. The van der Waals surface area contributed by atoms with Crippen LogP contribution in [0.15, 0.2) is 23.3 Å². The zero-order valence-electron chi connectivity index (χ0n) is 8.36. The first-order valence-corrected chi connectivity index (χ1v) is 5.05. The molecule has 0 aromatic rings. The van der Waals surface area contributed by atoms with Gasteiger partial charge in [-0.15, -0.1) is 11.6 Å². The monoisotopic (exact) mass is 186 g/mol. The van der Waals surface area contributed by atoms with Crippen LogP contribution in [-0.4, -0.2) is 5.88 Å². The van der Waals surface area contributed by atoms with E-state index < -0.39 is 0 Å². The van der Waals surface area contributed by atoms with Crippen LogP contribution in [0.4, 0.5) is 0 Å². The van der Waals surface area contributed by atoms with Crippen LogP contribution >= 0.6 is 11.6 Å². The molecule has 0 N–H and O–H groups in total. The second-order valence-electron chi connectivity index (χ2n) is 3.38. The summed E-state index contributed by atoms with van der Waals surface area (Å²) in [6.07, 6.45) is 7.98. The highest BCUT2D eigenvalue weighted by Gasteiger charge is 1.88. The molecule has 0 aliphatic rings. The summed E-state index contributed by atoms with van der Waals surface area (Å²) in [6, 6.07) is 0. The quantitative estimate of drug-likeness (QED) is 0.341. The van der Waals surface area contributed by atoms with Gasteiger partial charge in [-0.05, 0) is 40.0 Å². The maximum absolute atomic E-state index is 5.57. The Morgan fingerprint density at radius 2 is 1.83 bits per heavy atom. The average Bonchev–Trinajstić information content (AvgIpc) is 1.98. The highest BCUT2D eigenvalue weighted by atomic mass is 35.5. The van der Waals surface area contributed by atoms with Crippen molar-refractivity contribution in [1.82, 2.24) is 0 Å². The summed E-state index contributed by atoms with van der Waals surface area (Å²) >= 11 is 5.57. The molecule has 12 heavy (non-hydrogen) atoms. The van der Waals surface area contributed by atoms with Crippen LogP contribution in [0, 0.1) is 0 Å². The zero-order valence-corrected chi connectivity index (χ0v) is 9.12. The van der Waals surface area contributed by atoms with Crippen molar-refractivity contribution in [3.8, 4) is 0 Å². The van der Waals surface area contributed by atoms with Gasteiger partial charge in [0.05, 0.1) is 0 Å². The first-order valence-electron chi connectivity index (χ1n) is 4.51. The molecule has 0 unspecified atom stereocenters. The van der Waals surface area contributed by atoms with Crippen LogP contribution in [0.5, 0.6) is 0 Å². The fourth-order valence-electron chi connectivity index (χ4n) is 1.01.